The van der Waals surface area contributed by atoms with Gasteiger partial charge < -0.3 is 14.6 Å². The summed E-state index contributed by atoms with van der Waals surface area (Å²) in [7, 11) is 0. The number of Topliss-reactive ketones (excluding diaryl/α,β-unsaturated/α-hetero) is 1. The van der Waals surface area contributed by atoms with Gasteiger partial charge in [-0.05, 0) is 67.6 Å². The van der Waals surface area contributed by atoms with E-state index in [1.807, 2.05) is 37.3 Å². The van der Waals surface area contributed by atoms with Crippen molar-refractivity contribution in [2.75, 3.05) is 11.5 Å². The molecule has 2 aliphatic rings. The van der Waals surface area contributed by atoms with E-state index in [-0.39, 0.29) is 17.4 Å². The van der Waals surface area contributed by atoms with Crippen molar-refractivity contribution in [1.29, 1.82) is 0 Å². The zero-order valence-electron chi connectivity index (χ0n) is 21.2. The Labute approximate surface area is 219 Å². The summed E-state index contributed by atoms with van der Waals surface area (Å²) in [5.74, 6) is 0.119. The molecule has 0 bridgehead atoms. The van der Waals surface area contributed by atoms with E-state index in [1.54, 1.807) is 19.1 Å². The third-order valence-electron chi connectivity index (χ3n) is 6.47. The van der Waals surface area contributed by atoms with Gasteiger partial charge in [0.1, 0.15) is 28.4 Å². The summed E-state index contributed by atoms with van der Waals surface area (Å²) >= 11 is 1.22. The number of fused-ring (bicyclic) bond motifs is 1. The molecule has 3 heterocycles. The molecule has 37 heavy (non-hydrogen) atoms. The van der Waals surface area contributed by atoms with Gasteiger partial charge in [-0.1, -0.05) is 37.3 Å². The van der Waals surface area contributed by atoms with Crippen molar-refractivity contribution in [3.8, 4) is 11.5 Å². The number of aromatic nitrogens is 2. The number of benzene rings is 2. The number of anilines is 1. The lowest BCUT2D eigenvalue weighted by Crippen LogP contribution is -2.29. The summed E-state index contributed by atoms with van der Waals surface area (Å²) < 4.78 is 11.7. The Morgan fingerprint density at radius 3 is 2.76 bits per heavy atom. The monoisotopic (exact) mass is 519 g/mol. The van der Waals surface area contributed by atoms with Crippen LogP contribution < -0.4 is 14.4 Å². The van der Waals surface area contributed by atoms with Gasteiger partial charge in [0, 0.05) is 12.0 Å². The van der Waals surface area contributed by atoms with Crippen LogP contribution in [0.15, 0.2) is 48.0 Å². The maximum absolute atomic E-state index is 13.4. The fourth-order valence-electron chi connectivity index (χ4n) is 4.64. The molecular formula is C28H29N3O5S. The summed E-state index contributed by atoms with van der Waals surface area (Å²) in [5.41, 5.74) is 2.04. The topological polar surface area (TPSA) is 102 Å². The molecule has 0 radical (unpaired) electrons. The summed E-state index contributed by atoms with van der Waals surface area (Å²) in [6, 6.07) is 11.7. The Balaban J connectivity index is 1.61. The highest BCUT2D eigenvalue weighted by atomic mass is 32.1. The number of amides is 1. The Morgan fingerprint density at radius 1 is 1.22 bits per heavy atom. The van der Waals surface area contributed by atoms with Crippen molar-refractivity contribution in [3.05, 3.63) is 69.7 Å². The van der Waals surface area contributed by atoms with Crippen LogP contribution in [0.5, 0.6) is 11.5 Å². The van der Waals surface area contributed by atoms with Gasteiger partial charge in [-0.15, -0.1) is 10.2 Å². The first-order chi connectivity index (χ1) is 17.7. The van der Waals surface area contributed by atoms with Crippen LogP contribution >= 0.6 is 11.3 Å². The van der Waals surface area contributed by atoms with Crippen molar-refractivity contribution in [2.45, 2.75) is 52.7 Å². The number of nitrogens with zero attached hydrogens (tertiary/aromatic N) is 3. The summed E-state index contributed by atoms with van der Waals surface area (Å²) in [4.78, 5) is 28.1. The number of ether oxygens (including phenoxy) is 2. The normalized spacial score (nSPS) is 20.4. The Morgan fingerprint density at radius 2 is 2.03 bits per heavy atom. The molecule has 1 N–H and O–H groups in total. The molecule has 9 heteroatoms. The number of aliphatic hydroxyl groups excluding tert-OH is 1. The fourth-order valence-corrected chi connectivity index (χ4v) is 5.35. The van der Waals surface area contributed by atoms with Gasteiger partial charge in [-0.25, -0.2) is 0 Å². The Kier molecular flexibility index (Phi) is 6.72. The van der Waals surface area contributed by atoms with E-state index in [0.29, 0.717) is 46.0 Å². The van der Waals surface area contributed by atoms with Gasteiger partial charge in [-0.3, -0.25) is 14.5 Å². The van der Waals surface area contributed by atoms with Crippen molar-refractivity contribution in [2.24, 2.45) is 5.92 Å². The Hall–Kier alpha value is -3.72. The minimum Gasteiger partial charge on any atom is -0.507 e. The molecule has 1 aromatic heterocycles. The minimum atomic E-state index is -0.885. The molecule has 5 rings (SSSR count). The highest BCUT2D eigenvalue weighted by Gasteiger charge is 2.48. The number of carbonyl (C=O) groups excluding carboxylic acids is 2. The second-order valence-corrected chi connectivity index (χ2v) is 11.0. The lowest BCUT2D eigenvalue weighted by Gasteiger charge is -2.23. The number of carbonyl (C=O) groups is 2. The van der Waals surface area contributed by atoms with Gasteiger partial charge >= 0.3 is 5.91 Å². The lowest BCUT2D eigenvalue weighted by atomic mass is 9.94. The number of rotatable bonds is 7. The number of ketones is 1. The number of hydrogen-bond donors (Lipinski definition) is 1. The van der Waals surface area contributed by atoms with Crippen LogP contribution in [0, 0.1) is 12.8 Å². The molecule has 3 aromatic rings. The minimum absolute atomic E-state index is 0.00379. The molecule has 2 aliphatic heterocycles. The largest absolute Gasteiger partial charge is 0.507 e. The summed E-state index contributed by atoms with van der Waals surface area (Å²) in [6.07, 6.45) is 1.64. The van der Waals surface area contributed by atoms with Crippen molar-refractivity contribution in [1.82, 2.24) is 10.2 Å². The van der Waals surface area contributed by atoms with Gasteiger partial charge in [0.15, 0.2) is 0 Å². The van der Waals surface area contributed by atoms with E-state index in [0.717, 1.165) is 17.7 Å². The summed E-state index contributed by atoms with van der Waals surface area (Å²) in [5, 5.41) is 20.6. The standard InChI is InChI=1S/C28H29N3O5S/c1-15(2)10-11-35-21-7-5-6-18(14-21)24-23(26(33)27(34)31(24)28-30-29-17(4)37-28)25(32)19-8-9-22-20(13-19)12-16(3)36-22/h5-9,13-16,24,32H,10-12H2,1-4H3/t16-,24-/m1/s1. The van der Waals surface area contributed by atoms with Crippen LogP contribution in [0.2, 0.25) is 0 Å². The molecule has 0 aliphatic carbocycles. The smallest absolute Gasteiger partial charge is 0.301 e. The molecule has 8 nitrogen and oxygen atoms in total. The first-order valence-electron chi connectivity index (χ1n) is 12.4. The molecule has 2 aromatic carbocycles. The molecule has 0 unspecified atom stereocenters. The van der Waals surface area contributed by atoms with Crippen LogP contribution in [0.4, 0.5) is 5.13 Å². The van der Waals surface area contributed by atoms with E-state index >= 15 is 0 Å². The molecule has 0 spiro atoms. The Bertz CT molecular complexity index is 1400. The molecule has 1 fully saturated rings. The molecule has 1 amide bonds. The SMILES string of the molecule is Cc1nnc(N2C(=O)C(=O)C(=C(O)c3ccc4c(c3)C[C@@H](C)O4)[C@H]2c2cccc(OCCC(C)C)c2)s1. The van der Waals surface area contributed by atoms with Gasteiger partial charge in [0.2, 0.25) is 5.13 Å². The van der Waals surface area contributed by atoms with E-state index < -0.39 is 17.7 Å². The predicted octanol–water partition coefficient (Wildman–Crippen LogP) is 5.22. The van der Waals surface area contributed by atoms with Gasteiger partial charge in [0.05, 0.1) is 18.2 Å². The van der Waals surface area contributed by atoms with E-state index in [1.165, 1.54) is 16.2 Å². The van der Waals surface area contributed by atoms with Crippen molar-refractivity contribution < 1.29 is 24.2 Å². The zero-order chi connectivity index (χ0) is 26.3. The van der Waals surface area contributed by atoms with Crippen molar-refractivity contribution >= 4 is 33.9 Å². The first-order valence-corrected chi connectivity index (χ1v) is 13.2. The first kappa shape index (κ1) is 25.0. The molecule has 0 saturated carbocycles. The molecule has 1 saturated heterocycles. The second-order valence-electron chi connectivity index (χ2n) is 9.83. The quantitative estimate of drug-likeness (QED) is 0.259. The third-order valence-corrected chi connectivity index (χ3v) is 7.31. The number of aliphatic hydroxyl groups is 1. The van der Waals surface area contributed by atoms with Crippen LogP contribution in [0.25, 0.3) is 5.76 Å². The molecule has 192 valence electrons. The highest BCUT2D eigenvalue weighted by Crippen LogP contribution is 2.44. The summed E-state index contributed by atoms with van der Waals surface area (Å²) in [6.45, 7) is 8.56. The highest BCUT2D eigenvalue weighted by molar-refractivity contribution is 7.15. The van der Waals surface area contributed by atoms with E-state index in [4.69, 9.17) is 9.47 Å². The van der Waals surface area contributed by atoms with Crippen molar-refractivity contribution in [3.63, 3.8) is 0 Å². The fraction of sp³-hybridized carbons (Fsp3) is 0.357. The predicted molar refractivity (Wildman–Crippen MR) is 141 cm³/mol. The van der Waals surface area contributed by atoms with Crippen LogP contribution in [-0.2, 0) is 16.0 Å². The zero-order valence-corrected chi connectivity index (χ0v) is 22.0. The van der Waals surface area contributed by atoms with Gasteiger partial charge in [0.25, 0.3) is 5.78 Å². The molecule has 2 atom stereocenters. The maximum Gasteiger partial charge on any atom is 0.301 e. The van der Waals surface area contributed by atoms with E-state index in [9.17, 15) is 14.7 Å². The van der Waals surface area contributed by atoms with Crippen LogP contribution in [0.3, 0.4) is 0 Å². The number of aryl methyl sites for hydroxylation is 1. The molecular weight excluding hydrogens is 490 g/mol. The lowest BCUT2D eigenvalue weighted by molar-refractivity contribution is -0.132. The van der Waals surface area contributed by atoms with Crippen LogP contribution in [0.1, 0.15) is 54.9 Å². The average Bonchev–Trinajstić information content (AvgIpc) is 3.53. The van der Waals surface area contributed by atoms with E-state index in [2.05, 4.69) is 24.0 Å². The average molecular weight is 520 g/mol. The van der Waals surface area contributed by atoms with Gasteiger partial charge in [-0.2, -0.15) is 0 Å². The van der Waals surface area contributed by atoms with Crippen LogP contribution in [-0.4, -0.2) is 39.7 Å². The number of hydrogen-bond acceptors (Lipinski definition) is 8. The third kappa shape index (κ3) is 4.83. The maximum atomic E-state index is 13.4. The second kappa shape index (κ2) is 9.97.